The molecule has 0 aliphatic heterocycles. The first kappa shape index (κ1) is 23.2. The maximum absolute atomic E-state index is 13.3. The zero-order chi connectivity index (χ0) is 25.2. The van der Waals surface area contributed by atoms with Crippen LogP contribution in [0.1, 0.15) is 42.4 Å². The lowest BCUT2D eigenvalue weighted by Crippen LogP contribution is -2.22. The van der Waals surface area contributed by atoms with Gasteiger partial charge in [0.15, 0.2) is 0 Å². The number of rotatable bonds is 7. The summed E-state index contributed by atoms with van der Waals surface area (Å²) in [5.74, 6) is -1.51. The second-order valence-corrected chi connectivity index (χ2v) is 8.47. The number of aromatic hydroxyl groups is 2. The summed E-state index contributed by atoms with van der Waals surface area (Å²) in [6.07, 6.45) is 1.71. The number of benzene rings is 3. The molecule has 0 saturated heterocycles. The molecule has 2 aromatic heterocycles. The Morgan fingerprint density at radius 3 is 1.81 bits per heavy atom. The van der Waals surface area contributed by atoms with Gasteiger partial charge in [0.1, 0.15) is 28.4 Å². The molecule has 0 radical (unpaired) electrons. The largest absolute Gasteiger partial charge is 0.507 e. The molecule has 36 heavy (non-hydrogen) atoms. The number of unbranched alkanes of at least 4 members (excludes halogenated alkanes) is 1. The molecular weight excluding hydrogens is 460 g/mol. The van der Waals surface area contributed by atoms with Gasteiger partial charge in [-0.1, -0.05) is 55.8 Å². The summed E-state index contributed by atoms with van der Waals surface area (Å²) in [7, 11) is 0. The van der Waals surface area contributed by atoms with Crippen molar-refractivity contribution in [1.29, 1.82) is 0 Å². The Bertz CT molecular complexity index is 1580. The molecule has 0 fully saturated rings. The lowest BCUT2D eigenvalue weighted by molar-refractivity contribution is 0.305. The molecule has 7 nitrogen and oxygen atoms in total. The summed E-state index contributed by atoms with van der Waals surface area (Å²) in [5, 5.41) is 23.2. The van der Waals surface area contributed by atoms with Gasteiger partial charge in [-0.2, -0.15) is 0 Å². The zero-order valence-electron chi connectivity index (χ0n) is 19.6. The highest BCUT2D eigenvalue weighted by atomic mass is 16.5. The van der Waals surface area contributed by atoms with E-state index in [1.807, 2.05) is 6.92 Å². The highest BCUT2D eigenvalue weighted by Crippen LogP contribution is 2.44. The van der Waals surface area contributed by atoms with Crippen LogP contribution in [-0.2, 0) is 0 Å². The van der Waals surface area contributed by atoms with E-state index < -0.39 is 17.2 Å². The lowest BCUT2D eigenvalue weighted by Gasteiger charge is -2.22. The zero-order valence-corrected chi connectivity index (χ0v) is 19.6. The monoisotopic (exact) mass is 484 g/mol. The number of ether oxygens (including phenoxy) is 1. The average Bonchev–Trinajstić information content (AvgIpc) is 2.88. The van der Waals surface area contributed by atoms with Gasteiger partial charge in [-0.25, -0.2) is 9.59 Å². The standard InChI is InChI=1S/C29H24O7/c1-2-3-16-34-20-13-7-4-10-17(20)23(24-26(30)18-11-5-8-14-21(18)35-28(24)32)25-27(31)19-12-6-9-15-22(19)36-29(25)33/h4-15,23,30-31H,2-3,16H2,1H3. The van der Waals surface area contributed by atoms with Crippen LogP contribution in [0, 0.1) is 0 Å². The van der Waals surface area contributed by atoms with Crippen molar-refractivity contribution in [3.8, 4) is 17.2 Å². The maximum atomic E-state index is 13.3. The van der Waals surface area contributed by atoms with Gasteiger partial charge in [-0.05, 0) is 36.8 Å². The fraction of sp³-hybridized carbons (Fsp3) is 0.172. The Balaban J connectivity index is 1.86. The van der Waals surface area contributed by atoms with E-state index in [4.69, 9.17) is 13.6 Å². The molecule has 5 aromatic rings. The van der Waals surface area contributed by atoms with Crippen LogP contribution in [0.2, 0.25) is 0 Å². The quantitative estimate of drug-likeness (QED) is 0.226. The van der Waals surface area contributed by atoms with Gasteiger partial charge < -0.3 is 23.8 Å². The minimum absolute atomic E-state index is 0.196. The van der Waals surface area contributed by atoms with Gasteiger partial charge in [0.05, 0.1) is 34.4 Å². The molecule has 0 atom stereocenters. The van der Waals surface area contributed by atoms with Crippen molar-refractivity contribution >= 4 is 21.9 Å². The number of fused-ring (bicyclic) bond motifs is 2. The Labute approximate surface area is 205 Å². The molecule has 0 amide bonds. The van der Waals surface area contributed by atoms with Crippen molar-refractivity contribution in [2.45, 2.75) is 25.7 Å². The van der Waals surface area contributed by atoms with E-state index in [9.17, 15) is 19.8 Å². The maximum Gasteiger partial charge on any atom is 0.344 e. The smallest absolute Gasteiger partial charge is 0.344 e. The van der Waals surface area contributed by atoms with Gasteiger partial charge in [-0.15, -0.1) is 0 Å². The predicted molar refractivity (Wildman–Crippen MR) is 136 cm³/mol. The summed E-state index contributed by atoms with van der Waals surface area (Å²) in [4.78, 5) is 26.6. The van der Waals surface area contributed by atoms with Crippen LogP contribution in [0.25, 0.3) is 21.9 Å². The summed E-state index contributed by atoms with van der Waals surface area (Å²) >= 11 is 0. The lowest BCUT2D eigenvalue weighted by atomic mass is 9.84. The predicted octanol–water partition coefficient (Wildman–Crippen LogP) is 5.67. The summed E-state index contributed by atoms with van der Waals surface area (Å²) in [6.45, 7) is 2.45. The number of para-hydroxylation sites is 3. The average molecular weight is 485 g/mol. The minimum atomic E-state index is -1.23. The number of hydrogen-bond acceptors (Lipinski definition) is 7. The van der Waals surface area contributed by atoms with Gasteiger partial charge in [-0.3, -0.25) is 0 Å². The third-order valence-electron chi connectivity index (χ3n) is 6.20. The van der Waals surface area contributed by atoms with Crippen LogP contribution in [-0.4, -0.2) is 16.8 Å². The first-order chi connectivity index (χ1) is 17.5. The third-order valence-corrected chi connectivity index (χ3v) is 6.20. The molecule has 3 aromatic carbocycles. The molecule has 2 heterocycles. The molecule has 0 spiro atoms. The second kappa shape index (κ2) is 9.62. The molecule has 0 aliphatic rings. The van der Waals surface area contributed by atoms with Crippen molar-refractivity contribution in [3.63, 3.8) is 0 Å². The van der Waals surface area contributed by atoms with E-state index in [1.54, 1.807) is 72.8 Å². The van der Waals surface area contributed by atoms with Crippen LogP contribution >= 0.6 is 0 Å². The van der Waals surface area contributed by atoms with E-state index in [0.29, 0.717) is 28.7 Å². The van der Waals surface area contributed by atoms with Crippen LogP contribution in [0.4, 0.5) is 0 Å². The van der Waals surface area contributed by atoms with Crippen LogP contribution < -0.4 is 16.0 Å². The molecule has 2 N–H and O–H groups in total. The van der Waals surface area contributed by atoms with E-state index in [2.05, 4.69) is 0 Å². The van der Waals surface area contributed by atoms with Gasteiger partial charge in [0, 0.05) is 5.56 Å². The van der Waals surface area contributed by atoms with Crippen LogP contribution in [0.5, 0.6) is 17.2 Å². The van der Waals surface area contributed by atoms with Crippen molar-refractivity contribution in [2.24, 2.45) is 0 Å². The molecule has 0 saturated carbocycles. The van der Waals surface area contributed by atoms with Gasteiger partial charge >= 0.3 is 11.3 Å². The first-order valence-corrected chi connectivity index (χ1v) is 11.7. The molecule has 7 heteroatoms. The first-order valence-electron chi connectivity index (χ1n) is 11.7. The third kappa shape index (κ3) is 3.98. The highest BCUT2D eigenvalue weighted by molar-refractivity contribution is 5.87. The topological polar surface area (TPSA) is 110 Å². The van der Waals surface area contributed by atoms with E-state index in [0.717, 1.165) is 12.8 Å². The fourth-order valence-corrected chi connectivity index (χ4v) is 4.44. The molecule has 0 bridgehead atoms. The van der Waals surface area contributed by atoms with Gasteiger partial charge in [0.2, 0.25) is 0 Å². The Morgan fingerprint density at radius 2 is 1.25 bits per heavy atom. The molecule has 5 rings (SSSR count). The Kier molecular flexibility index (Phi) is 6.21. The van der Waals surface area contributed by atoms with Crippen LogP contribution in [0.15, 0.2) is 91.2 Å². The minimum Gasteiger partial charge on any atom is -0.507 e. The molecular formula is C29H24O7. The summed E-state index contributed by atoms with van der Waals surface area (Å²) in [6, 6.07) is 20.0. The normalized spacial score (nSPS) is 11.4. The second-order valence-electron chi connectivity index (χ2n) is 8.47. The number of hydrogen-bond donors (Lipinski definition) is 2. The van der Waals surface area contributed by atoms with E-state index in [1.165, 1.54) is 0 Å². The van der Waals surface area contributed by atoms with Crippen molar-refractivity contribution < 1.29 is 23.8 Å². The van der Waals surface area contributed by atoms with Crippen LogP contribution in [0.3, 0.4) is 0 Å². The molecule has 0 unspecified atom stereocenters. The SMILES string of the molecule is CCCCOc1ccccc1C(c1c(O)c2ccccc2oc1=O)c1c(O)c2ccccc2oc1=O. The fourth-order valence-electron chi connectivity index (χ4n) is 4.44. The van der Waals surface area contributed by atoms with Crippen molar-refractivity contribution in [1.82, 2.24) is 0 Å². The Morgan fingerprint density at radius 1 is 0.750 bits per heavy atom. The van der Waals surface area contributed by atoms with E-state index in [-0.39, 0.29) is 33.8 Å². The highest BCUT2D eigenvalue weighted by Gasteiger charge is 2.34. The van der Waals surface area contributed by atoms with Crippen molar-refractivity contribution in [3.05, 3.63) is 110 Å². The molecule has 0 aliphatic carbocycles. The van der Waals surface area contributed by atoms with E-state index >= 15 is 0 Å². The molecule has 182 valence electrons. The summed E-state index contributed by atoms with van der Waals surface area (Å²) < 4.78 is 17.1. The Hall–Kier alpha value is -4.52. The summed E-state index contributed by atoms with van der Waals surface area (Å²) in [5.41, 5.74) is -1.27. The van der Waals surface area contributed by atoms with Gasteiger partial charge in [0.25, 0.3) is 0 Å². The van der Waals surface area contributed by atoms with Crippen molar-refractivity contribution in [2.75, 3.05) is 6.61 Å².